The fourth-order valence-corrected chi connectivity index (χ4v) is 1.71. The van der Waals surface area contributed by atoms with Gasteiger partial charge in [-0.25, -0.2) is 0 Å². The Kier molecular flexibility index (Phi) is 2.78. The fourth-order valence-electron chi connectivity index (χ4n) is 1.57. The third kappa shape index (κ3) is 1.74. The minimum absolute atomic E-state index is 0.0540. The average Bonchev–Trinajstić information content (AvgIpc) is 2.57. The lowest BCUT2D eigenvalue weighted by Gasteiger charge is -2.18. The third-order valence-corrected chi connectivity index (χ3v) is 2.97. The van der Waals surface area contributed by atoms with E-state index < -0.39 is 0 Å². The van der Waals surface area contributed by atoms with Gasteiger partial charge in [-0.1, -0.05) is 12.2 Å². The maximum atomic E-state index is 7.51. The van der Waals surface area contributed by atoms with E-state index in [0.29, 0.717) is 4.99 Å². The van der Waals surface area contributed by atoms with E-state index in [2.05, 4.69) is 0 Å². The molecule has 16 heavy (non-hydrogen) atoms. The summed E-state index contributed by atoms with van der Waals surface area (Å²) in [6.45, 7) is 0. The number of ether oxygens (including phenoxy) is 2. The van der Waals surface area contributed by atoms with Crippen LogP contribution in [0.5, 0.6) is 5.75 Å². The number of thiocarbonyl (C=S) groups is 1. The summed E-state index contributed by atoms with van der Waals surface area (Å²) < 4.78 is 10.5. The van der Waals surface area contributed by atoms with Crippen molar-refractivity contribution in [2.24, 2.45) is 0 Å². The number of rotatable bonds is 2. The van der Waals surface area contributed by atoms with Crippen molar-refractivity contribution in [1.82, 2.24) is 4.90 Å². The van der Waals surface area contributed by atoms with Crippen molar-refractivity contribution in [2.45, 2.75) is 6.23 Å². The number of nitrogens with one attached hydrogen (secondary N) is 1. The number of hydrogen-bond acceptors (Lipinski definition) is 4. The van der Waals surface area contributed by atoms with Gasteiger partial charge in [0.1, 0.15) is 5.75 Å². The van der Waals surface area contributed by atoms with Gasteiger partial charge in [-0.2, -0.15) is 0 Å². The van der Waals surface area contributed by atoms with Gasteiger partial charge in [-0.15, -0.1) is 0 Å². The second-order valence-electron chi connectivity index (χ2n) is 3.49. The first-order valence-electron chi connectivity index (χ1n) is 4.80. The number of benzene rings is 1. The molecule has 1 aliphatic rings. The number of likely N-dealkylation sites (N-methyl/N-ethyl adjacent to an activating group) is 1. The standard InChI is InChI=1S/C11H12N2O2S/c1-13-10(15-9(12)11(13)16)7-3-5-8(14-2)6-4-7/h3-6,10,12H,1-2H3/t10-/m1/s1. The lowest BCUT2D eigenvalue weighted by Crippen LogP contribution is -2.23. The molecule has 0 radical (unpaired) electrons. The number of hydrogen-bond donors (Lipinski definition) is 1. The zero-order valence-corrected chi connectivity index (χ0v) is 9.88. The van der Waals surface area contributed by atoms with E-state index in [0.717, 1.165) is 11.3 Å². The Balaban J connectivity index is 2.25. The van der Waals surface area contributed by atoms with Gasteiger partial charge in [0.2, 0.25) is 12.1 Å². The molecule has 0 aliphatic carbocycles. The molecule has 1 aromatic rings. The Morgan fingerprint density at radius 2 is 2.00 bits per heavy atom. The van der Waals surface area contributed by atoms with Gasteiger partial charge in [0.25, 0.3) is 0 Å². The van der Waals surface area contributed by atoms with E-state index >= 15 is 0 Å². The van der Waals surface area contributed by atoms with Crippen LogP contribution in [0.4, 0.5) is 0 Å². The molecule has 0 amide bonds. The van der Waals surface area contributed by atoms with Crippen LogP contribution >= 0.6 is 12.2 Å². The summed E-state index contributed by atoms with van der Waals surface area (Å²) in [4.78, 5) is 2.19. The molecule has 1 fully saturated rings. The molecule has 2 rings (SSSR count). The first kappa shape index (κ1) is 10.9. The first-order valence-corrected chi connectivity index (χ1v) is 5.20. The molecular formula is C11H12N2O2S. The summed E-state index contributed by atoms with van der Waals surface area (Å²) in [6.07, 6.45) is -0.300. The highest BCUT2D eigenvalue weighted by molar-refractivity contribution is 7.82. The quantitative estimate of drug-likeness (QED) is 0.797. The van der Waals surface area contributed by atoms with Crippen LogP contribution in [0, 0.1) is 5.41 Å². The highest BCUT2D eigenvalue weighted by atomic mass is 32.1. The molecule has 0 bridgehead atoms. The first-order chi connectivity index (χ1) is 7.63. The Morgan fingerprint density at radius 1 is 1.38 bits per heavy atom. The lowest BCUT2D eigenvalue weighted by molar-refractivity contribution is 0.116. The molecule has 0 saturated carbocycles. The van der Waals surface area contributed by atoms with Crippen molar-refractivity contribution in [1.29, 1.82) is 5.41 Å². The van der Waals surface area contributed by atoms with Gasteiger partial charge >= 0.3 is 0 Å². The predicted molar refractivity (Wildman–Crippen MR) is 64.9 cm³/mol. The van der Waals surface area contributed by atoms with Crippen LogP contribution in [0.2, 0.25) is 0 Å². The molecule has 0 unspecified atom stereocenters. The van der Waals surface area contributed by atoms with Crippen LogP contribution in [0.15, 0.2) is 24.3 Å². The summed E-state index contributed by atoms with van der Waals surface area (Å²) in [5.41, 5.74) is 0.952. The maximum absolute atomic E-state index is 7.51. The highest BCUT2D eigenvalue weighted by Gasteiger charge is 2.32. The van der Waals surface area contributed by atoms with Crippen LogP contribution in [-0.4, -0.2) is 29.9 Å². The zero-order chi connectivity index (χ0) is 11.7. The van der Waals surface area contributed by atoms with Crippen molar-refractivity contribution in [3.8, 4) is 5.75 Å². The normalized spacial score (nSPS) is 19.9. The van der Waals surface area contributed by atoms with E-state index in [1.165, 1.54) is 0 Å². The molecule has 1 aliphatic heterocycles. The topological polar surface area (TPSA) is 45.6 Å². The molecule has 0 spiro atoms. The molecule has 1 aromatic carbocycles. The molecule has 5 heteroatoms. The summed E-state index contributed by atoms with van der Waals surface area (Å²) in [5.74, 6) is 0.848. The van der Waals surface area contributed by atoms with Crippen molar-refractivity contribution in [3.05, 3.63) is 29.8 Å². The van der Waals surface area contributed by atoms with Crippen molar-refractivity contribution in [3.63, 3.8) is 0 Å². The average molecular weight is 236 g/mol. The molecule has 0 aromatic heterocycles. The highest BCUT2D eigenvalue weighted by Crippen LogP contribution is 2.28. The van der Waals surface area contributed by atoms with E-state index in [4.69, 9.17) is 27.1 Å². The van der Waals surface area contributed by atoms with Crippen LogP contribution in [0.25, 0.3) is 0 Å². The largest absolute Gasteiger partial charge is 0.497 e. The number of methoxy groups -OCH3 is 1. The molecule has 84 valence electrons. The maximum Gasteiger partial charge on any atom is 0.244 e. The Labute approximate surface area is 99.3 Å². The summed E-state index contributed by atoms with van der Waals surface area (Å²) in [5, 5.41) is 7.51. The summed E-state index contributed by atoms with van der Waals surface area (Å²) in [7, 11) is 3.44. The summed E-state index contributed by atoms with van der Waals surface area (Å²) in [6, 6.07) is 7.53. The Bertz CT molecular complexity index is 430. The van der Waals surface area contributed by atoms with Crippen molar-refractivity contribution >= 4 is 23.1 Å². The van der Waals surface area contributed by atoms with Gasteiger partial charge in [0.05, 0.1) is 7.11 Å². The number of nitrogens with zero attached hydrogens (tertiary/aromatic N) is 1. The molecule has 1 atom stereocenters. The van der Waals surface area contributed by atoms with Crippen LogP contribution in [0.1, 0.15) is 11.8 Å². The molecule has 1 N–H and O–H groups in total. The van der Waals surface area contributed by atoms with E-state index in [9.17, 15) is 0 Å². The Morgan fingerprint density at radius 3 is 2.44 bits per heavy atom. The lowest BCUT2D eigenvalue weighted by atomic mass is 10.2. The van der Waals surface area contributed by atoms with Crippen LogP contribution in [-0.2, 0) is 4.74 Å². The molecular weight excluding hydrogens is 224 g/mol. The zero-order valence-electron chi connectivity index (χ0n) is 9.06. The second kappa shape index (κ2) is 4.09. The van der Waals surface area contributed by atoms with Crippen molar-refractivity contribution in [2.75, 3.05) is 14.2 Å². The van der Waals surface area contributed by atoms with Gasteiger partial charge < -0.3 is 14.4 Å². The minimum Gasteiger partial charge on any atom is -0.497 e. The van der Waals surface area contributed by atoms with E-state index in [1.54, 1.807) is 12.0 Å². The van der Waals surface area contributed by atoms with Crippen molar-refractivity contribution < 1.29 is 9.47 Å². The van der Waals surface area contributed by atoms with E-state index in [-0.39, 0.29) is 12.1 Å². The van der Waals surface area contributed by atoms with Crippen LogP contribution < -0.4 is 4.74 Å². The Hall–Kier alpha value is -1.62. The molecule has 4 nitrogen and oxygen atoms in total. The predicted octanol–water partition coefficient (Wildman–Crippen LogP) is 1.96. The molecule has 1 saturated heterocycles. The SMILES string of the molecule is COc1ccc([C@H]2OC(=N)C(=S)N2C)cc1. The van der Waals surface area contributed by atoms with E-state index in [1.807, 2.05) is 31.3 Å². The molecule has 1 heterocycles. The third-order valence-electron chi connectivity index (χ3n) is 2.50. The monoisotopic (exact) mass is 236 g/mol. The van der Waals surface area contributed by atoms with Gasteiger partial charge in [0, 0.05) is 12.6 Å². The van der Waals surface area contributed by atoms with Gasteiger partial charge in [-0.3, -0.25) is 5.41 Å². The minimum atomic E-state index is -0.300. The summed E-state index contributed by atoms with van der Waals surface area (Å²) >= 11 is 5.04. The fraction of sp³-hybridized carbons (Fsp3) is 0.273. The smallest absolute Gasteiger partial charge is 0.244 e. The van der Waals surface area contributed by atoms with Gasteiger partial charge in [-0.05, 0) is 24.3 Å². The van der Waals surface area contributed by atoms with Gasteiger partial charge in [0.15, 0.2) is 4.99 Å². The second-order valence-corrected chi connectivity index (χ2v) is 3.88. The van der Waals surface area contributed by atoms with Crippen LogP contribution in [0.3, 0.4) is 0 Å².